The van der Waals surface area contributed by atoms with E-state index in [0.29, 0.717) is 0 Å². The molecule has 21 heavy (non-hydrogen) atoms. The van der Waals surface area contributed by atoms with Crippen molar-refractivity contribution in [2.45, 2.75) is 12.5 Å². The summed E-state index contributed by atoms with van der Waals surface area (Å²) >= 11 is 11.9. The second kappa shape index (κ2) is 5.08. The highest BCUT2D eigenvalue weighted by molar-refractivity contribution is 7.88. The Morgan fingerprint density at radius 2 is 1.95 bits per heavy atom. The molecule has 1 heterocycles. The fourth-order valence-electron chi connectivity index (χ4n) is 1.91. The number of benzene rings is 1. The molecule has 1 aliphatic rings. The van der Waals surface area contributed by atoms with Crippen LogP contribution < -0.4 is 4.72 Å². The number of carbonyl (C=O) groups is 1. The zero-order chi connectivity index (χ0) is 16.0. The summed E-state index contributed by atoms with van der Waals surface area (Å²) in [5.74, 6) is -2.18. The van der Waals surface area contributed by atoms with Gasteiger partial charge in [-0.05, 0) is 13.0 Å². The number of aliphatic hydroxyl groups is 1. The highest BCUT2D eigenvalue weighted by Crippen LogP contribution is 2.42. The average molecular weight is 352 g/mol. The molecule has 9 heteroatoms. The molecule has 114 valence electrons. The zero-order valence-electron chi connectivity index (χ0n) is 11.0. The van der Waals surface area contributed by atoms with Gasteiger partial charge in [-0.15, -0.1) is 0 Å². The Kier molecular flexibility index (Phi) is 3.86. The normalized spacial score (nSPS) is 22.4. The predicted octanol–water partition coefficient (Wildman–Crippen LogP) is 2.08. The molecule has 0 radical (unpaired) electrons. The molecule has 2 N–H and O–H groups in total. The number of hydrogen-bond donors (Lipinski definition) is 2. The number of Topliss-reactive ketones (excluding diaryl/α,β-unsaturated/α-hetero) is 1. The van der Waals surface area contributed by atoms with Crippen LogP contribution in [-0.2, 0) is 25.2 Å². The Hall–Kier alpha value is -1.44. The number of aliphatic hydroxyl groups excluding tert-OH is 1. The van der Waals surface area contributed by atoms with E-state index in [-0.39, 0.29) is 15.6 Å². The summed E-state index contributed by atoms with van der Waals surface area (Å²) in [5, 5.41) is 10.1. The first-order valence-electron chi connectivity index (χ1n) is 5.65. The van der Waals surface area contributed by atoms with E-state index < -0.39 is 33.0 Å². The van der Waals surface area contributed by atoms with E-state index in [1.54, 1.807) is 6.07 Å². The second-order valence-corrected chi connectivity index (χ2v) is 7.15. The van der Waals surface area contributed by atoms with Gasteiger partial charge in [0.05, 0.1) is 16.3 Å². The van der Waals surface area contributed by atoms with Crippen LogP contribution in [0.4, 0.5) is 0 Å². The van der Waals surface area contributed by atoms with Crippen LogP contribution in [0, 0.1) is 0 Å². The summed E-state index contributed by atoms with van der Waals surface area (Å²) in [7, 11) is -3.72. The fourth-order valence-corrected chi connectivity index (χ4v) is 2.87. The van der Waals surface area contributed by atoms with E-state index in [0.717, 1.165) is 6.26 Å². The second-order valence-electron chi connectivity index (χ2n) is 4.62. The van der Waals surface area contributed by atoms with Crippen molar-refractivity contribution in [3.8, 4) is 0 Å². The average Bonchev–Trinajstić information content (AvgIpc) is 2.56. The summed E-state index contributed by atoms with van der Waals surface area (Å²) < 4.78 is 29.7. The van der Waals surface area contributed by atoms with Crippen molar-refractivity contribution < 1.29 is 23.1 Å². The van der Waals surface area contributed by atoms with Gasteiger partial charge in [-0.2, -0.15) is 0 Å². The summed E-state index contributed by atoms with van der Waals surface area (Å²) in [4.78, 5) is 12.2. The molecular formula is C12H11Cl2NO5S. The zero-order valence-corrected chi connectivity index (χ0v) is 13.3. The summed E-state index contributed by atoms with van der Waals surface area (Å²) in [6.07, 6.45) is 0.864. The van der Waals surface area contributed by atoms with Crippen molar-refractivity contribution in [3.63, 3.8) is 0 Å². The SMILES string of the molecule is CC1(c2cccc(Cl)c2Cl)OC(NS(C)(=O)=O)=C(O)C1=O. The van der Waals surface area contributed by atoms with E-state index in [2.05, 4.69) is 0 Å². The van der Waals surface area contributed by atoms with E-state index in [4.69, 9.17) is 27.9 Å². The third-order valence-electron chi connectivity index (χ3n) is 2.91. The fraction of sp³-hybridized carbons (Fsp3) is 0.250. The monoisotopic (exact) mass is 351 g/mol. The molecule has 0 spiro atoms. The molecule has 6 nitrogen and oxygen atoms in total. The summed E-state index contributed by atoms with van der Waals surface area (Å²) in [6, 6.07) is 4.59. The van der Waals surface area contributed by atoms with E-state index in [1.807, 2.05) is 4.72 Å². The minimum atomic E-state index is -3.72. The van der Waals surface area contributed by atoms with Crippen LogP contribution in [0.15, 0.2) is 29.8 Å². The first kappa shape index (κ1) is 15.9. The first-order chi connectivity index (χ1) is 9.56. The summed E-state index contributed by atoms with van der Waals surface area (Å²) in [5.41, 5.74) is -1.45. The van der Waals surface area contributed by atoms with Crippen molar-refractivity contribution in [2.75, 3.05) is 6.26 Å². The van der Waals surface area contributed by atoms with Gasteiger partial charge in [0.1, 0.15) is 0 Å². The van der Waals surface area contributed by atoms with E-state index in [9.17, 15) is 18.3 Å². The third kappa shape index (κ3) is 2.81. The highest BCUT2D eigenvalue weighted by Gasteiger charge is 2.49. The molecule has 1 atom stereocenters. The third-order valence-corrected chi connectivity index (χ3v) is 4.29. The highest BCUT2D eigenvalue weighted by atomic mass is 35.5. The van der Waals surface area contributed by atoms with Crippen LogP contribution in [0.5, 0.6) is 0 Å². The molecule has 0 saturated carbocycles. The Morgan fingerprint density at radius 1 is 1.33 bits per heavy atom. The van der Waals surface area contributed by atoms with Crippen molar-refractivity contribution in [1.82, 2.24) is 4.72 Å². The lowest BCUT2D eigenvalue weighted by atomic mass is 9.91. The number of rotatable bonds is 3. The number of hydrogen-bond acceptors (Lipinski definition) is 5. The number of carbonyl (C=O) groups excluding carboxylic acids is 1. The molecule has 0 bridgehead atoms. The molecule has 0 aromatic heterocycles. The Balaban J connectivity index is 2.48. The van der Waals surface area contributed by atoms with Gasteiger partial charge < -0.3 is 9.84 Å². The molecule has 0 amide bonds. The number of ketones is 1. The number of ether oxygens (including phenoxy) is 1. The van der Waals surface area contributed by atoms with Gasteiger partial charge in [0.2, 0.25) is 27.3 Å². The molecule has 1 aromatic carbocycles. The van der Waals surface area contributed by atoms with Gasteiger partial charge in [-0.3, -0.25) is 9.52 Å². The minimum absolute atomic E-state index is 0.0865. The van der Waals surface area contributed by atoms with Crippen LogP contribution in [0.3, 0.4) is 0 Å². The van der Waals surface area contributed by atoms with Gasteiger partial charge >= 0.3 is 0 Å². The van der Waals surface area contributed by atoms with Gasteiger partial charge in [-0.1, -0.05) is 35.3 Å². The molecular weight excluding hydrogens is 341 g/mol. The van der Waals surface area contributed by atoms with Gasteiger partial charge in [0, 0.05) is 5.56 Å². The van der Waals surface area contributed by atoms with Crippen LogP contribution in [0.2, 0.25) is 10.0 Å². The van der Waals surface area contributed by atoms with Crippen LogP contribution in [0.25, 0.3) is 0 Å². The minimum Gasteiger partial charge on any atom is -0.501 e. The topological polar surface area (TPSA) is 92.7 Å². The molecule has 0 aliphatic carbocycles. The van der Waals surface area contributed by atoms with Gasteiger partial charge in [-0.25, -0.2) is 8.42 Å². The largest absolute Gasteiger partial charge is 0.501 e. The molecule has 1 aromatic rings. The molecule has 0 fully saturated rings. The maximum absolute atomic E-state index is 12.2. The molecule has 1 unspecified atom stereocenters. The van der Waals surface area contributed by atoms with Crippen LogP contribution >= 0.6 is 23.2 Å². The Morgan fingerprint density at radius 3 is 2.52 bits per heavy atom. The van der Waals surface area contributed by atoms with Crippen molar-refractivity contribution >= 4 is 39.0 Å². The van der Waals surface area contributed by atoms with Gasteiger partial charge in [0.25, 0.3) is 5.78 Å². The quantitative estimate of drug-likeness (QED) is 0.869. The Bertz CT molecular complexity index is 759. The van der Waals surface area contributed by atoms with E-state index >= 15 is 0 Å². The molecule has 2 rings (SSSR count). The maximum Gasteiger partial charge on any atom is 0.250 e. The number of halogens is 2. The standard InChI is InChI=1S/C12H11Cl2NO5S/c1-12(6-4-3-5-7(13)8(6)14)10(17)9(16)11(20-12)15-21(2,18)19/h3-5,15-16H,1-2H3. The number of sulfonamides is 1. The molecule has 0 saturated heterocycles. The van der Waals surface area contributed by atoms with E-state index in [1.165, 1.54) is 19.1 Å². The van der Waals surface area contributed by atoms with Crippen molar-refractivity contribution in [3.05, 3.63) is 45.5 Å². The summed E-state index contributed by atoms with van der Waals surface area (Å²) in [6.45, 7) is 1.36. The lowest BCUT2D eigenvalue weighted by Crippen LogP contribution is -2.32. The maximum atomic E-state index is 12.2. The molecule has 1 aliphatic heterocycles. The van der Waals surface area contributed by atoms with Crippen LogP contribution in [0.1, 0.15) is 12.5 Å². The van der Waals surface area contributed by atoms with Crippen molar-refractivity contribution in [2.24, 2.45) is 0 Å². The lowest BCUT2D eigenvalue weighted by Gasteiger charge is -2.24. The van der Waals surface area contributed by atoms with Crippen molar-refractivity contribution in [1.29, 1.82) is 0 Å². The first-order valence-corrected chi connectivity index (χ1v) is 8.30. The number of nitrogens with one attached hydrogen (secondary N) is 1. The Labute approximate surface area is 131 Å². The lowest BCUT2D eigenvalue weighted by molar-refractivity contribution is -0.131. The van der Waals surface area contributed by atoms with Crippen LogP contribution in [-0.4, -0.2) is 25.6 Å². The predicted molar refractivity (Wildman–Crippen MR) is 77.5 cm³/mol. The van der Waals surface area contributed by atoms with Gasteiger partial charge in [0.15, 0.2) is 0 Å². The smallest absolute Gasteiger partial charge is 0.250 e.